The maximum Gasteiger partial charge on any atom is 0.264 e. The van der Waals surface area contributed by atoms with Crippen LogP contribution in [0.1, 0.15) is 24.8 Å². The monoisotopic (exact) mass is 390 g/mol. The van der Waals surface area contributed by atoms with Crippen LogP contribution in [0.2, 0.25) is 0 Å². The minimum Gasteiger partial charge on any atom is -0.274 e. The quantitative estimate of drug-likeness (QED) is 0.723. The molecule has 2 aromatic carbocycles. The fraction of sp³-hybridized carbons (Fsp3) is 0.158. The summed E-state index contributed by atoms with van der Waals surface area (Å²) in [4.78, 5) is 15.9. The highest BCUT2D eigenvalue weighted by Crippen LogP contribution is 2.24. The van der Waals surface area contributed by atoms with Crippen LogP contribution < -0.4 is 4.72 Å². The average Bonchev–Trinajstić information content (AvgIpc) is 2.62. The molecule has 1 N–H and O–H groups in total. The third-order valence-corrected chi connectivity index (χ3v) is 5.58. The van der Waals surface area contributed by atoms with Gasteiger partial charge in [0, 0.05) is 18.0 Å². The number of sulfonamides is 1. The van der Waals surface area contributed by atoms with Crippen LogP contribution in [0.3, 0.4) is 0 Å². The molecule has 0 radical (unpaired) electrons. The van der Waals surface area contributed by atoms with E-state index in [4.69, 9.17) is 0 Å². The predicted octanol–water partition coefficient (Wildman–Crippen LogP) is 3.51. The molecule has 0 bridgehead atoms. The van der Waals surface area contributed by atoms with E-state index >= 15 is 0 Å². The van der Waals surface area contributed by atoms with E-state index in [2.05, 4.69) is 4.98 Å². The summed E-state index contributed by atoms with van der Waals surface area (Å²) >= 11 is 0. The van der Waals surface area contributed by atoms with Crippen molar-refractivity contribution in [1.82, 2.24) is 9.71 Å². The molecule has 0 fully saturated rings. The van der Waals surface area contributed by atoms with Crippen molar-refractivity contribution in [2.75, 3.05) is 0 Å². The Kier molecular flexibility index (Phi) is 5.18. The third kappa shape index (κ3) is 4.11. The van der Waals surface area contributed by atoms with Crippen LogP contribution in [-0.2, 0) is 14.8 Å². The normalized spacial score (nSPS) is 12.7. The summed E-state index contributed by atoms with van der Waals surface area (Å²) < 4.78 is 54.0. The standard InChI is InChI=1S/C19H16F2N2O3S/c1-12(13-4-6-14(20)7-5-13)11-18(24)23-27(25,26)17-9-8-16(21)19-15(17)3-2-10-22-19/h2-10,12H,11H2,1H3,(H,23,24). The number of hydrogen-bond donors (Lipinski definition) is 1. The molecule has 140 valence electrons. The predicted molar refractivity (Wildman–Crippen MR) is 96.5 cm³/mol. The summed E-state index contributed by atoms with van der Waals surface area (Å²) in [6.07, 6.45) is 1.24. The molecule has 1 aromatic heterocycles. The molecule has 3 aromatic rings. The Bertz CT molecular complexity index is 1100. The van der Waals surface area contributed by atoms with Gasteiger partial charge in [0.1, 0.15) is 17.2 Å². The molecule has 1 atom stereocenters. The van der Waals surface area contributed by atoms with Crippen LogP contribution in [0.25, 0.3) is 10.9 Å². The van der Waals surface area contributed by atoms with Crippen molar-refractivity contribution in [1.29, 1.82) is 0 Å². The van der Waals surface area contributed by atoms with Gasteiger partial charge in [0.2, 0.25) is 5.91 Å². The Hall–Kier alpha value is -2.87. The van der Waals surface area contributed by atoms with Gasteiger partial charge in [-0.25, -0.2) is 21.9 Å². The number of amides is 1. The van der Waals surface area contributed by atoms with Crippen LogP contribution in [-0.4, -0.2) is 19.3 Å². The Morgan fingerprint density at radius 2 is 1.81 bits per heavy atom. The molecular formula is C19H16F2N2O3S. The molecule has 0 spiro atoms. The lowest BCUT2D eigenvalue weighted by molar-refractivity contribution is -0.119. The topological polar surface area (TPSA) is 76.1 Å². The fourth-order valence-corrected chi connectivity index (χ4v) is 3.97. The van der Waals surface area contributed by atoms with Gasteiger partial charge in [-0.2, -0.15) is 0 Å². The van der Waals surface area contributed by atoms with Gasteiger partial charge >= 0.3 is 0 Å². The largest absolute Gasteiger partial charge is 0.274 e. The van der Waals surface area contributed by atoms with E-state index < -0.39 is 27.6 Å². The maximum absolute atomic E-state index is 13.8. The zero-order valence-corrected chi connectivity index (χ0v) is 15.1. The molecule has 0 saturated heterocycles. The van der Waals surface area contributed by atoms with Crippen LogP contribution >= 0.6 is 0 Å². The number of nitrogens with one attached hydrogen (secondary N) is 1. The van der Waals surface area contributed by atoms with E-state index in [1.807, 2.05) is 4.72 Å². The summed E-state index contributed by atoms with van der Waals surface area (Å²) in [5.74, 6) is -2.07. The molecule has 0 saturated carbocycles. The van der Waals surface area contributed by atoms with E-state index in [-0.39, 0.29) is 28.1 Å². The Morgan fingerprint density at radius 1 is 1.11 bits per heavy atom. The van der Waals surface area contributed by atoms with E-state index in [1.165, 1.54) is 30.5 Å². The summed E-state index contributed by atoms with van der Waals surface area (Å²) in [5, 5.41) is 0.0874. The van der Waals surface area contributed by atoms with Gasteiger partial charge in [0.15, 0.2) is 0 Å². The molecule has 0 aliphatic heterocycles. The minimum absolute atomic E-state index is 0.0874. The Morgan fingerprint density at radius 3 is 2.52 bits per heavy atom. The molecule has 0 aliphatic rings. The highest BCUT2D eigenvalue weighted by molar-refractivity contribution is 7.90. The first-order valence-corrected chi connectivity index (χ1v) is 9.60. The minimum atomic E-state index is -4.20. The summed E-state index contributed by atoms with van der Waals surface area (Å²) in [6, 6.07) is 10.6. The van der Waals surface area contributed by atoms with Crippen LogP contribution in [0, 0.1) is 11.6 Å². The number of aromatic nitrogens is 1. The average molecular weight is 390 g/mol. The summed E-state index contributed by atoms with van der Waals surface area (Å²) in [6.45, 7) is 1.73. The first kappa shape index (κ1) is 18.9. The van der Waals surface area contributed by atoms with Crippen molar-refractivity contribution in [3.63, 3.8) is 0 Å². The van der Waals surface area contributed by atoms with E-state index in [1.54, 1.807) is 19.1 Å². The number of hydrogen-bond acceptors (Lipinski definition) is 4. The van der Waals surface area contributed by atoms with Gasteiger partial charge in [-0.1, -0.05) is 19.1 Å². The molecule has 1 heterocycles. The van der Waals surface area contributed by atoms with Gasteiger partial charge < -0.3 is 0 Å². The van der Waals surface area contributed by atoms with Crippen LogP contribution in [0.5, 0.6) is 0 Å². The Labute approximate surface area is 155 Å². The fourth-order valence-electron chi connectivity index (χ4n) is 2.78. The second kappa shape index (κ2) is 7.40. The summed E-state index contributed by atoms with van der Waals surface area (Å²) in [5.41, 5.74) is 0.618. The van der Waals surface area contributed by atoms with Crippen LogP contribution in [0.4, 0.5) is 8.78 Å². The van der Waals surface area contributed by atoms with Gasteiger partial charge in [-0.15, -0.1) is 0 Å². The molecule has 27 heavy (non-hydrogen) atoms. The molecular weight excluding hydrogens is 374 g/mol. The zero-order chi connectivity index (χ0) is 19.6. The number of fused-ring (bicyclic) bond motifs is 1. The van der Waals surface area contributed by atoms with Crippen molar-refractivity contribution in [3.05, 3.63) is 71.9 Å². The second-order valence-corrected chi connectivity index (χ2v) is 7.78. The smallest absolute Gasteiger partial charge is 0.264 e. The number of halogens is 2. The zero-order valence-electron chi connectivity index (χ0n) is 14.3. The molecule has 0 aliphatic carbocycles. The maximum atomic E-state index is 13.8. The number of rotatable bonds is 5. The van der Waals surface area contributed by atoms with Crippen molar-refractivity contribution in [2.24, 2.45) is 0 Å². The lowest BCUT2D eigenvalue weighted by atomic mass is 9.98. The van der Waals surface area contributed by atoms with Crippen molar-refractivity contribution >= 4 is 26.8 Å². The first-order valence-electron chi connectivity index (χ1n) is 8.12. The number of carbonyl (C=O) groups is 1. The van der Waals surface area contributed by atoms with E-state index in [9.17, 15) is 22.0 Å². The number of pyridine rings is 1. The number of nitrogens with zero attached hydrogens (tertiary/aromatic N) is 1. The van der Waals surface area contributed by atoms with Crippen molar-refractivity contribution in [3.8, 4) is 0 Å². The van der Waals surface area contributed by atoms with Gasteiger partial charge in [-0.05, 0) is 47.9 Å². The molecule has 3 rings (SSSR count). The highest BCUT2D eigenvalue weighted by Gasteiger charge is 2.23. The van der Waals surface area contributed by atoms with E-state index in [0.717, 1.165) is 12.1 Å². The van der Waals surface area contributed by atoms with Gasteiger partial charge in [-0.3, -0.25) is 9.78 Å². The first-order chi connectivity index (χ1) is 12.8. The second-order valence-electron chi connectivity index (χ2n) is 6.13. The third-order valence-electron chi connectivity index (χ3n) is 4.15. The van der Waals surface area contributed by atoms with Gasteiger partial charge in [0.05, 0.1) is 4.90 Å². The van der Waals surface area contributed by atoms with Crippen molar-refractivity contribution < 1.29 is 22.0 Å². The summed E-state index contributed by atoms with van der Waals surface area (Å²) in [7, 11) is -4.20. The van der Waals surface area contributed by atoms with E-state index in [0.29, 0.717) is 5.56 Å². The highest BCUT2D eigenvalue weighted by atomic mass is 32.2. The lowest BCUT2D eigenvalue weighted by Gasteiger charge is -2.13. The Balaban J connectivity index is 1.81. The van der Waals surface area contributed by atoms with Gasteiger partial charge in [0.25, 0.3) is 10.0 Å². The number of benzene rings is 2. The van der Waals surface area contributed by atoms with Crippen molar-refractivity contribution in [2.45, 2.75) is 24.2 Å². The molecule has 8 heteroatoms. The van der Waals surface area contributed by atoms with Crippen LogP contribution in [0.15, 0.2) is 59.6 Å². The molecule has 1 amide bonds. The molecule has 1 unspecified atom stereocenters. The molecule has 5 nitrogen and oxygen atoms in total. The lowest BCUT2D eigenvalue weighted by Crippen LogP contribution is -2.31. The SMILES string of the molecule is CC(CC(=O)NS(=O)(=O)c1ccc(F)c2ncccc12)c1ccc(F)cc1. The number of carbonyl (C=O) groups excluding carboxylic acids is 1.